The van der Waals surface area contributed by atoms with E-state index in [2.05, 4.69) is 31.9 Å². The van der Waals surface area contributed by atoms with Crippen molar-refractivity contribution in [1.82, 2.24) is 0 Å². The van der Waals surface area contributed by atoms with Crippen LogP contribution in [0.5, 0.6) is 0 Å². The minimum Gasteiger partial charge on any atom is -0.481 e. The summed E-state index contributed by atoms with van der Waals surface area (Å²) in [6.45, 7) is 10.9. The van der Waals surface area contributed by atoms with Crippen LogP contribution in [0, 0.1) is 0 Å². The van der Waals surface area contributed by atoms with E-state index in [0.717, 1.165) is 49.2 Å². The van der Waals surface area contributed by atoms with Gasteiger partial charge in [-0.15, -0.1) is 0 Å². The summed E-state index contributed by atoms with van der Waals surface area (Å²) in [5.74, 6) is -0.772. The number of carboxylic acid groups (broad SMARTS) is 1. The zero-order valence-electron chi connectivity index (χ0n) is 17.9. The average Bonchev–Trinajstić information content (AvgIpc) is 2.45. The van der Waals surface area contributed by atoms with E-state index in [4.69, 9.17) is 14.9 Å². The van der Waals surface area contributed by atoms with E-state index < -0.39 is 11.6 Å². The molecule has 27 heavy (non-hydrogen) atoms. The van der Waals surface area contributed by atoms with Gasteiger partial charge in [0.05, 0.1) is 5.60 Å². The standard InChI is InChI=1S/C10H19BrO2.C6H11BrO2.C4H10O/c1-10(2,3)13-9(12)7-5-4-6-8-11;7-5-3-1-2-4-6(8)9;1-4(2,3)5/h4-8H2,1-3H3;1-5H2,(H,8,9);5H,1-3H3. The van der Waals surface area contributed by atoms with E-state index in [1.807, 2.05) is 20.8 Å². The van der Waals surface area contributed by atoms with E-state index in [1.165, 1.54) is 0 Å². The van der Waals surface area contributed by atoms with Gasteiger partial charge in [-0.3, -0.25) is 9.59 Å². The van der Waals surface area contributed by atoms with Gasteiger partial charge in [0.1, 0.15) is 5.60 Å². The van der Waals surface area contributed by atoms with Gasteiger partial charge in [0.25, 0.3) is 0 Å². The van der Waals surface area contributed by atoms with Crippen LogP contribution in [0.25, 0.3) is 0 Å². The first-order chi connectivity index (χ1) is 12.2. The Kier molecular flexibility index (Phi) is 22.4. The number of ether oxygens (including phenoxy) is 1. The lowest BCUT2D eigenvalue weighted by atomic mass is 10.2. The van der Waals surface area contributed by atoms with Crippen LogP contribution in [0.1, 0.15) is 92.9 Å². The fourth-order valence-electron chi connectivity index (χ4n) is 1.48. The molecule has 0 aliphatic carbocycles. The van der Waals surface area contributed by atoms with Crippen molar-refractivity contribution in [2.45, 2.75) is 104 Å². The molecule has 5 nitrogen and oxygen atoms in total. The Morgan fingerprint density at radius 2 is 1.15 bits per heavy atom. The number of halogens is 2. The van der Waals surface area contributed by atoms with Gasteiger partial charge in [-0.1, -0.05) is 44.7 Å². The molecule has 0 saturated carbocycles. The Labute approximate surface area is 182 Å². The van der Waals surface area contributed by atoms with Crippen LogP contribution in [-0.4, -0.2) is 44.0 Å². The van der Waals surface area contributed by atoms with Crippen LogP contribution in [0.4, 0.5) is 0 Å². The Morgan fingerprint density at radius 3 is 1.44 bits per heavy atom. The average molecular weight is 520 g/mol. The number of carbonyl (C=O) groups is 2. The molecule has 0 aromatic rings. The molecular weight excluding hydrogens is 480 g/mol. The molecule has 2 N–H and O–H groups in total. The summed E-state index contributed by atoms with van der Waals surface area (Å²) in [6, 6.07) is 0. The van der Waals surface area contributed by atoms with Crippen molar-refractivity contribution < 1.29 is 24.5 Å². The normalized spacial score (nSPS) is 10.9. The quantitative estimate of drug-likeness (QED) is 0.207. The molecule has 0 unspecified atom stereocenters. The Hall–Kier alpha value is -0.140. The zero-order chi connectivity index (χ0) is 21.9. The highest BCUT2D eigenvalue weighted by Crippen LogP contribution is 2.10. The van der Waals surface area contributed by atoms with Crippen LogP contribution < -0.4 is 0 Å². The van der Waals surface area contributed by atoms with Gasteiger partial charge in [0.15, 0.2) is 0 Å². The number of hydrogen-bond acceptors (Lipinski definition) is 4. The number of carbonyl (C=O) groups excluding carboxylic acids is 1. The van der Waals surface area contributed by atoms with Crippen molar-refractivity contribution in [3.05, 3.63) is 0 Å². The number of esters is 1. The predicted molar refractivity (Wildman–Crippen MR) is 120 cm³/mol. The summed E-state index contributed by atoms with van der Waals surface area (Å²) in [5.41, 5.74) is -0.841. The number of aliphatic hydroxyl groups is 1. The molecule has 0 aliphatic heterocycles. The van der Waals surface area contributed by atoms with Crippen LogP contribution >= 0.6 is 31.9 Å². The van der Waals surface area contributed by atoms with Crippen LogP contribution in [0.2, 0.25) is 0 Å². The molecule has 0 radical (unpaired) electrons. The van der Waals surface area contributed by atoms with Gasteiger partial charge in [0, 0.05) is 23.5 Å². The van der Waals surface area contributed by atoms with Gasteiger partial charge in [0.2, 0.25) is 0 Å². The maximum Gasteiger partial charge on any atom is 0.306 e. The summed E-state index contributed by atoms with van der Waals surface area (Å²) < 4.78 is 5.17. The summed E-state index contributed by atoms with van der Waals surface area (Å²) in [4.78, 5) is 21.1. The third kappa shape index (κ3) is 51.8. The molecule has 0 aromatic heterocycles. The van der Waals surface area contributed by atoms with Crippen molar-refractivity contribution in [2.24, 2.45) is 0 Å². The first kappa shape index (κ1) is 31.6. The molecule has 0 amide bonds. The predicted octanol–water partition coefficient (Wildman–Crippen LogP) is 6.09. The highest BCUT2D eigenvalue weighted by atomic mass is 79.9. The lowest BCUT2D eigenvalue weighted by Gasteiger charge is -2.19. The lowest BCUT2D eigenvalue weighted by molar-refractivity contribution is -0.155. The van der Waals surface area contributed by atoms with Crippen LogP contribution in [0.3, 0.4) is 0 Å². The smallest absolute Gasteiger partial charge is 0.306 e. The molecular formula is C20H40Br2O5. The maximum absolute atomic E-state index is 11.2. The molecule has 164 valence electrons. The van der Waals surface area contributed by atoms with Crippen molar-refractivity contribution in [3.8, 4) is 0 Å². The first-order valence-corrected chi connectivity index (χ1v) is 11.7. The number of hydrogen-bond donors (Lipinski definition) is 2. The molecule has 0 fully saturated rings. The fraction of sp³-hybridized carbons (Fsp3) is 0.900. The van der Waals surface area contributed by atoms with Gasteiger partial charge in [-0.2, -0.15) is 0 Å². The molecule has 0 aromatic carbocycles. The number of carboxylic acids is 1. The van der Waals surface area contributed by atoms with Crippen molar-refractivity contribution in [2.75, 3.05) is 10.7 Å². The Bertz CT molecular complexity index is 354. The highest BCUT2D eigenvalue weighted by molar-refractivity contribution is 9.09. The molecule has 0 atom stereocenters. The fourth-order valence-corrected chi connectivity index (χ4v) is 2.27. The molecule has 0 heterocycles. The second kappa shape index (κ2) is 19.2. The van der Waals surface area contributed by atoms with E-state index in [0.29, 0.717) is 12.8 Å². The van der Waals surface area contributed by atoms with E-state index in [1.54, 1.807) is 20.8 Å². The Balaban J connectivity index is -0.000000356. The second-order valence-corrected chi connectivity index (χ2v) is 9.74. The van der Waals surface area contributed by atoms with Crippen LogP contribution in [-0.2, 0) is 14.3 Å². The molecule has 0 bridgehead atoms. The van der Waals surface area contributed by atoms with Crippen LogP contribution in [0.15, 0.2) is 0 Å². The third-order valence-corrected chi connectivity index (χ3v) is 3.58. The number of unbranched alkanes of at least 4 members (excludes halogenated alkanes) is 4. The minimum absolute atomic E-state index is 0.0814. The second-order valence-electron chi connectivity index (χ2n) is 8.15. The number of alkyl halides is 2. The number of aliphatic carboxylic acids is 1. The van der Waals surface area contributed by atoms with Crippen molar-refractivity contribution in [1.29, 1.82) is 0 Å². The summed E-state index contributed by atoms with van der Waals surface area (Å²) in [7, 11) is 0. The molecule has 0 rings (SSSR count). The molecule has 0 saturated heterocycles. The molecule has 0 aliphatic rings. The van der Waals surface area contributed by atoms with Crippen molar-refractivity contribution in [3.63, 3.8) is 0 Å². The van der Waals surface area contributed by atoms with Crippen molar-refractivity contribution >= 4 is 43.8 Å². The zero-order valence-corrected chi connectivity index (χ0v) is 21.1. The summed E-state index contributed by atoms with van der Waals surface area (Å²) in [5, 5.41) is 18.7. The topological polar surface area (TPSA) is 83.8 Å². The molecule has 0 spiro atoms. The van der Waals surface area contributed by atoms with Gasteiger partial charge < -0.3 is 14.9 Å². The minimum atomic E-state index is -0.690. The van der Waals surface area contributed by atoms with E-state index in [9.17, 15) is 9.59 Å². The maximum atomic E-state index is 11.2. The van der Waals surface area contributed by atoms with E-state index in [-0.39, 0.29) is 11.6 Å². The summed E-state index contributed by atoms with van der Waals surface area (Å²) >= 11 is 6.62. The largest absolute Gasteiger partial charge is 0.481 e. The summed E-state index contributed by atoms with van der Waals surface area (Å²) in [6.07, 6.45) is 6.90. The van der Waals surface area contributed by atoms with Gasteiger partial charge >= 0.3 is 11.9 Å². The van der Waals surface area contributed by atoms with Gasteiger partial charge in [-0.25, -0.2) is 0 Å². The third-order valence-electron chi connectivity index (χ3n) is 2.46. The first-order valence-electron chi connectivity index (χ1n) is 9.51. The monoisotopic (exact) mass is 518 g/mol. The van der Waals surface area contributed by atoms with Gasteiger partial charge in [-0.05, 0) is 67.2 Å². The molecule has 7 heteroatoms. The Morgan fingerprint density at radius 1 is 0.778 bits per heavy atom. The number of rotatable bonds is 10. The lowest BCUT2D eigenvalue weighted by Crippen LogP contribution is -2.23. The highest BCUT2D eigenvalue weighted by Gasteiger charge is 2.15. The SMILES string of the molecule is CC(C)(C)O.CC(C)(C)OC(=O)CCCCCBr.O=C(O)CCCCCBr. The van der Waals surface area contributed by atoms with E-state index >= 15 is 0 Å².